The van der Waals surface area contributed by atoms with Crippen LogP contribution in [0.1, 0.15) is 11.1 Å². The fourth-order valence-electron chi connectivity index (χ4n) is 3.26. The van der Waals surface area contributed by atoms with E-state index in [-0.39, 0.29) is 11.3 Å². The molecule has 0 spiro atoms. The zero-order chi connectivity index (χ0) is 20.6. The van der Waals surface area contributed by atoms with Crippen LogP contribution in [0.3, 0.4) is 0 Å². The Morgan fingerprint density at radius 2 is 2.03 bits per heavy atom. The van der Waals surface area contributed by atoms with E-state index in [1.807, 2.05) is 13.0 Å². The van der Waals surface area contributed by atoms with E-state index in [9.17, 15) is 13.2 Å². The number of aromatic amines is 1. The third kappa shape index (κ3) is 3.90. The number of rotatable bonds is 5. The molecule has 0 amide bonds. The normalized spacial score (nSPS) is 11.7. The Morgan fingerprint density at radius 1 is 1.21 bits per heavy atom. The van der Waals surface area contributed by atoms with E-state index in [2.05, 4.69) is 15.2 Å². The molecule has 0 aliphatic rings. The van der Waals surface area contributed by atoms with Gasteiger partial charge in [0.2, 0.25) is 0 Å². The van der Waals surface area contributed by atoms with E-state index in [1.54, 1.807) is 47.1 Å². The van der Waals surface area contributed by atoms with Crippen LogP contribution in [-0.4, -0.2) is 34.3 Å². The van der Waals surface area contributed by atoms with Crippen molar-refractivity contribution in [3.8, 4) is 22.8 Å². The SMILES string of the molecule is Cc1cc(-c2cc(CS(C)(=O)=O)ccc2Oc2cccnc2)n2cn[nH]c(=O)c12. The number of hydrogen-bond acceptors (Lipinski definition) is 6. The molecular formula is C20H18N4O4S. The van der Waals surface area contributed by atoms with Crippen LogP contribution in [0, 0.1) is 6.92 Å². The average Bonchev–Trinajstić information content (AvgIpc) is 3.00. The van der Waals surface area contributed by atoms with Crippen molar-refractivity contribution in [3.05, 3.63) is 76.6 Å². The summed E-state index contributed by atoms with van der Waals surface area (Å²) in [5, 5.41) is 6.32. The Kier molecular flexibility index (Phi) is 4.67. The Morgan fingerprint density at radius 3 is 2.76 bits per heavy atom. The lowest BCUT2D eigenvalue weighted by atomic mass is 10.1. The fraction of sp³-hybridized carbons (Fsp3) is 0.150. The molecule has 148 valence electrons. The van der Waals surface area contributed by atoms with E-state index in [1.165, 1.54) is 12.6 Å². The minimum atomic E-state index is -3.22. The maximum absolute atomic E-state index is 12.2. The lowest BCUT2D eigenvalue weighted by Crippen LogP contribution is -2.11. The highest BCUT2D eigenvalue weighted by Crippen LogP contribution is 2.36. The second-order valence-electron chi connectivity index (χ2n) is 6.81. The van der Waals surface area contributed by atoms with Gasteiger partial charge in [-0.25, -0.2) is 13.5 Å². The smallest absolute Gasteiger partial charge is 0.288 e. The van der Waals surface area contributed by atoms with E-state index >= 15 is 0 Å². The van der Waals surface area contributed by atoms with Crippen LogP contribution < -0.4 is 10.3 Å². The zero-order valence-corrected chi connectivity index (χ0v) is 16.6. The second-order valence-corrected chi connectivity index (χ2v) is 8.95. The topological polar surface area (TPSA) is 106 Å². The molecule has 9 heteroatoms. The number of nitrogens with one attached hydrogen (secondary N) is 1. The van der Waals surface area contributed by atoms with Crippen molar-refractivity contribution in [2.45, 2.75) is 12.7 Å². The summed E-state index contributed by atoms with van der Waals surface area (Å²) in [7, 11) is -3.22. The lowest BCUT2D eigenvalue weighted by Gasteiger charge is -2.13. The maximum atomic E-state index is 12.2. The number of benzene rings is 1. The third-order valence-electron chi connectivity index (χ3n) is 4.39. The van der Waals surface area contributed by atoms with Crippen molar-refractivity contribution in [2.24, 2.45) is 0 Å². The molecule has 0 aliphatic heterocycles. The van der Waals surface area contributed by atoms with Crippen LogP contribution in [-0.2, 0) is 15.6 Å². The van der Waals surface area contributed by atoms with Crippen molar-refractivity contribution >= 4 is 15.4 Å². The number of nitrogens with zero attached hydrogens (tertiary/aromatic N) is 3. The minimum Gasteiger partial charge on any atom is -0.455 e. The highest BCUT2D eigenvalue weighted by Gasteiger charge is 2.17. The number of pyridine rings is 1. The summed E-state index contributed by atoms with van der Waals surface area (Å²) in [6.07, 6.45) is 5.93. The monoisotopic (exact) mass is 410 g/mol. The van der Waals surface area contributed by atoms with Crippen LogP contribution in [0.15, 0.2) is 59.9 Å². The molecule has 0 fully saturated rings. The van der Waals surface area contributed by atoms with Gasteiger partial charge in [0, 0.05) is 18.0 Å². The number of fused-ring (bicyclic) bond motifs is 1. The number of sulfone groups is 1. The Balaban J connectivity index is 1.93. The summed E-state index contributed by atoms with van der Waals surface area (Å²) in [5.74, 6) is 0.946. The van der Waals surface area contributed by atoms with Gasteiger partial charge in [-0.15, -0.1) is 0 Å². The molecule has 1 N–H and O–H groups in total. The first-order chi connectivity index (χ1) is 13.8. The fourth-order valence-corrected chi connectivity index (χ4v) is 4.05. The summed E-state index contributed by atoms with van der Waals surface area (Å²) < 4.78 is 31.2. The van der Waals surface area contributed by atoms with Gasteiger partial charge >= 0.3 is 0 Å². The molecule has 0 bridgehead atoms. The number of ether oxygens (including phenoxy) is 1. The molecule has 0 saturated carbocycles. The maximum Gasteiger partial charge on any atom is 0.288 e. The molecule has 0 radical (unpaired) electrons. The highest BCUT2D eigenvalue weighted by atomic mass is 32.2. The highest BCUT2D eigenvalue weighted by molar-refractivity contribution is 7.89. The number of hydrogen-bond donors (Lipinski definition) is 1. The first kappa shape index (κ1) is 18.9. The van der Waals surface area contributed by atoms with Crippen molar-refractivity contribution in [2.75, 3.05) is 6.26 Å². The lowest BCUT2D eigenvalue weighted by molar-refractivity contribution is 0.481. The van der Waals surface area contributed by atoms with Crippen LogP contribution in [0.2, 0.25) is 0 Å². The summed E-state index contributed by atoms with van der Waals surface area (Å²) in [6.45, 7) is 1.83. The van der Waals surface area contributed by atoms with Gasteiger partial charge in [-0.2, -0.15) is 5.10 Å². The average molecular weight is 410 g/mol. The number of aryl methyl sites for hydroxylation is 1. The molecule has 0 unspecified atom stereocenters. The van der Waals surface area contributed by atoms with Crippen molar-refractivity contribution in [3.63, 3.8) is 0 Å². The van der Waals surface area contributed by atoms with Crippen molar-refractivity contribution < 1.29 is 13.2 Å². The summed E-state index contributed by atoms with van der Waals surface area (Å²) in [6, 6.07) is 10.6. The third-order valence-corrected chi connectivity index (χ3v) is 5.25. The summed E-state index contributed by atoms with van der Waals surface area (Å²) in [5.41, 5.74) is 2.86. The standard InChI is InChI=1S/C20H18N4O4S/c1-13-8-17(24-12-22-23-20(25)19(13)24)16-9-14(11-29(2,26)27)5-6-18(16)28-15-4-3-7-21-10-15/h3-10,12H,11H2,1-2H3,(H,23,25). The molecule has 4 aromatic rings. The molecule has 0 aliphatic carbocycles. The zero-order valence-electron chi connectivity index (χ0n) is 15.8. The van der Waals surface area contributed by atoms with Crippen LogP contribution >= 0.6 is 0 Å². The predicted octanol–water partition coefficient (Wildman–Crippen LogP) is 2.73. The van der Waals surface area contributed by atoms with Gasteiger partial charge in [0.1, 0.15) is 23.3 Å². The molecule has 0 saturated heterocycles. The van der Waals surface area contributed by atoms with Gasteiger partial charge in [-0.1, -0.05) is 6.07 Å². The Labute approximate surface area is 166 Å². The molecule has 8 nitrogen and oxygen atoms in total. The van der Waals surface area contributed by atoms with Gasteiger partial charge in [0.25, 0.3) is 5.56 Å². The van der Waals surface area contributed by atoms with E-state index in [4.69, 9.17) is 4.74 Å². The van der Waals surface area contributed by atoms with E-state index < -0.39 is 9.84 Å². The molecule has 29 heavy (non-hydrogen) atoms. The molecule has 1 aromatic carbocycles. The Hall–Kier alpha value is -3.46. The number of H-pyrrole nitrogens is 1. The van der Waals surface area contributed by atoms with Gasteiger partial charge in [0.15, 0.2) is 9.84 Å². The second kappa shape index (κ2) is 7.17. The first-order valence-corrected chi connectivity index (χ1v) is 10.8. The van der Waals surface area contributed by atoms with Crippen LogP contribution in [0.4, 0.5) is 0 Å². The van der Waals surface area contributed by atoms with Crippen molar-refractivity contribution in [1.29, 1.82) is 0 Å². The molecule has 3 heterocycles. The predicted molar refractivity (Wildman–Crippen MR) is 109 cm³/mol. The van der Waals surface area contributed by atoms with Crippen LogP contribution in [0.25, 0.3) is 16.8 Å². The van der Waals surface area contributed by atoms with Gasteiger partial charge in [-0.3, -0.25) is 14.2 Å². The quantitative estimate of drug-likeness (QED) is 0.542. The number of aromatic nitrogens is 4. The van der Waals surface area contributed by atoms with Gasteiger partial charge in [-0.05, 0) is 48.4 Å². The summed E-state index contributed by atoms with van der Waals surface area (Å²) >= 11 is 0. The summed E-state index contributed by atoms with van der Waals surface area (Å²) in [4.78, 5) is 16.3. The van der Waals surface area contributed by atoms with E-state index in [0.29, 0.717) is 33.8 Å². The van der Waals surface area contributed by atoms with Crippen LogP contribution in [0.5, 0.6) is 11.5 Å². The minimum absolute atomic E-state index is 0.103. The Bertz CT molecular complexity index is 1360. The van der Waals surface area contributed by atoms with Gasteiger partial charge < -0.3 is 4.74 Å². The van der Waals surface area contributed by atoms with E-state index in [0.717, 1.165) is 5.56 Å². The molecular weight excluding hydrogens is 392 g/mol. The molecule has 3 aromatic heterocycles. The largest absolute Gasteiger partial charge is 0.455 e. The molecule has 0 atom stereocenters. The van der Waals surface area contributed by atoms with Crippen molar-refractivity contribution in [1.82, 2.24) is 19.6 Å². The first-order valence-electron chi connectivity index (χ1n) is 8.76. The molecule has 4 rings (SSSR count). The van der Waals surface area contributed by atoms with Gasteiger partial charge in [0.05, 0.1) is 17.6 Å².